The van der Waals surface area contributed by atoms with Crippen molar-refractivity contribution in [2.45, 2.75) is 26.4 Å². The zero-order chi connectivity index (χ0) is 14.7. The van der Waals surface area contributed by atoms with Gasteiger partial charge in [-0.1, -0.05) is 30.3 Å². The van der Waals surface area contributed by atoms with E-state index >= 15 is 0 Å². The van der Waals surface area contributed by atoms with Crippen molar-refractivity contribution in [2.24, 2.45) is 0 Å². The molecule has 0 unspecified atom stereocenters. The Morgan fingerprint density at radius 3 is 2.76 bits per heavy atom. The number of anilines is 1. The Bertz CT molecular complexity index is 704. The van der Waals surface area contributed by atoms with E-state index in [2.05, 4.69) is 32.7 Å². The van der Waals surface area contributed by atoms with Crippen LogP contribution in [0, 0.1) is 6.92 Å². The first-order chi connectivity index (χ1) is 10.2. The molecule has 0 saturated heterocycles. The van der Waals surface area contributed by atoms with Crippen LogP contribution in [0.4, 0.5) is 5.69 Å². The quantitative estimate of drug-likeness (QED) is 0.779. The van der Waals surface area contributed by atoms with Crippen LogP contribution in [0.2, 0.25) is 0 Å². The highest BCUT2D eigenvalue weighted by Crippen LogP contribution is 2.17. The summed E-state index contributed by atoms with van der Waals surface area (Å²) in [6, 6.07) is 10.2. The van der Waals surface area contributed by atoms with E-state index in [1.54, 1.807) is 13.1 Å². The predicted molar refractivity (Wildman–Crippen MR) is 78.8 cm³/mol. The van der Waals surface area contributed by atoms with Crippen LogP contribution in [0.5, 0.6) is 0 Å². The number of nitrogens with one attached hydrogen (secondary N) is 1. The van der Waals surface area contributed by atoms with E-state index < -0.39 is 0 Å². The van der Waals surface area contributed by atoms with Gasteiger partial charge in [0.1, 0.15) is 6.04 Å². The molecule has 0 aliphatic carbocycles. The number of rotatable bonds is 5. The summed E-state index contributed by atoms with van der Waals surface area (Å²) in [6.07, 6.45) is 3.76. The maximum absolute atomic E-state index is 5.41. The van der Waals surface area contributed by atoms with Crippen molar-refractivity contribution < 1.29 is 4.42 Å². The highest BCUT2D eigenvalue weighted by Gasteiger charge is 2.13. The first kappa shape index (κ1) is 13.4. The topological polar surface area (TPSA) is 68.8 Å². The molecule has 0 spiro atoms. The summed E-state index contributed by atoms with van der Waals surface area (Å²) in [6.45, 7) is 4.50. The molecule has 2 aromatic heterocycles. The Morgan fingerprint density at radius 2 is 2.05 bits per heavy atom. The van der Waals surface area contributed by atoms with Gasteiger partial charge in [0, 0.05) is 13.1 Å². The van der Waals surface area contributed by atoms with E-state index in [9.17, 15) is 0 Å². The van der Waals surface area contributed by atoms with Crippen LogP contribution in [-0.2, 0) is 6.54 Å². The second kappa shape index (κ2) is 5.78. The average molecular weight is 283 g/mol. The van der Waals surface area contributed by atoms with Gasteiger partial charge in [0.15, 0.2) is 0 Å². The number of aryl methyl sites for hydroxylation is 1. The predicted octanol–water partition coefficient (Wildman–Crippen LogP) is 2.80. The maximum atomic E-state index is 5.41. The van der Waals surface area contributed by atoms with Gasteiger partial charge < -0.3 is 9.73 Å². The van der Waals surface area contributed by atoms with Gasteiger partial charge in [-0.2, -0.15) is 5.10 Å². The zero-order valence-electron chi connectivity index (χ0n) is 12.0. The zero-order valence-corrected chi connectivity index (χ0v) is 12.0. The molecule has 0 bridgehead atoms. The summed E-state index contributed by atoms with van der Waals surface area (Å²) in [7, 11) is 0. The summed E-state index contributed by atoms with van der Waals surface area (Å²) < 4.78 is 7.30. The number of nitrogens with zero attached hydrogens (tertiary/aromatic N) is 4. The first-order valence-corrected chi connectivity index (χ1v) is 6.83. The van der Waals surface area contributed by atoms with Gasteiger partial charge in [-0.3, -0.25) is 4.68 Å². The van der Waals surface area contributed by atoms with E-state index in [-0.39, 0.29) is 6.04 Å². The van der Waals surface area contributed by atoms with Crippen molar-refractivity contribution >= 4 is 5.69 Å². The summed E-state index contributed by atoms with van der Waals surface area (Å²) in [5.41, 5.74) is 2.14. The van der Waals surface area contributed by atoms with E-state index in [0.29, 0.717) is 11.8 Å². The summed E-state index contributed by atoms with van der Waals surface area (Å²) in [5.74, 6) is 1.14. The third kappa shape index (κ3) is 3.28. The van der Waals surface area contributed by atoms with Crippen LogP contribution in [0.15, 0.2) is 47.1 Å². The van der Waals surface area contributed by atoms with Gasteiger partial charge in [0.25, 0.3) is 0 Å². The molecular formula is C15H17N5O. The van der Waals surface area contributed by atoms with Gasteiger partial charge >= 0.3 is 0 Å². The fourth-order valence-electron chi connectivity index (χ4n) is 2.09. The first-order valence-electron chi connectivity index (χ1n) is 6.83. The molecule has 0 radical (unpaired) electrons. The number of aromatic nitrogens is 4. The Kier molecular flexibility index (Phi) is 3.68. The third-order valence-corrected chi connectivity index (χ3v) is 3.12. The Hall–Kier alpha value is -2.63. The van der Waals surface area contributed by atoms with Crippen molar-refractivity contribution in [1.29, 1.82) is 0 Å². The SMILES string of the molecule is Cc1nnc([C@@H](C)Nc2cnn(Cc3ccccc3)c2)o1. The number of hydrogen-bond acceptors (Lipinski definition) is 5. The second-order valence-electron chi connectivity index (χ2n) is 4.94. The molecule has 6 heteroatoms. The van der Waals surface area contributed by atoms with Crippen LogP contribution < -0.4 is 5.32 Å². The van der Waals surface area contributed by atoms with E-state index in [0.717, 1.165) is 12.2 Å². The molecule has 1 N–H and O–H groups in total. The molecule has 0 saturated carbocycles. The third-order valence-electron chi connectivity index (χ3n) is 3.12. The highest BCUT2D eigenvalue weighted by atomic mass is 16.4. The van der Waals surface area contributed by atoms with E-state index in [1.165, 1.54) is 5.56 Å². The summed E-state index contributed by atoms with van der Waals surface area (Å²) >= 11 is 0. The van der Waals surface area contributed by atoms with Crippen molar-refractivity contribution in [3.05, 3.63) is 60.1 Å². The van der Waals surface area contributed by atoms with Crippen molar-refractivity contribution in [3.8, 4) is 0 Å². The number of hydrogen-bond donors (Lipinski definition) is 1. The standard InChI is InChI=1S/C15H17N5O/c1-11(15-19-18-12(2)21-15)17-14-8-16-20(10-14)9-13-6-4-3-5-7-13/h3-8,10-11,17H,9H2,1-2H3/t11-/m1/s1. The van der Waals surface area contributed by atoms with Gasteiger partial charge in [-0.25, -0.2) is 0 Å². The minimum Gasteiger partial charge on any atom is -0.423 e. The molecule has 1 aromatic carbocycles. The summed E-state index contributed by atoms with van der Waals surface area (Å²) in [5, 5.41) is 15.5. The molecule has 3 aromatic rings. The summed E-state index contributed by atoms with van der Waals surface area (Å²) in [4.78, 5) is 0. The van der Waals surface area contributed by atoms with Gasteiger partial charge in [-0.05, 0) is 12.5 Å². The van der Waals surface area contributed by atoms with Crippen molar-refractivity contribution in [3.63, 3.8) is 0 Å². The Morgan fingerprint density at radius 1 is 1.24 bits per heavy atom. The van der Waals surface area contributed by atoms with E-state index in [4.69, 9.17) is 4.42 Å². The van der Waals surface area contributed by atoms with Gasteiger partial charge in [-0.15, -0.1) is 10.2 Å². The Balaban J connectivity index is 1.65. The van der Waals surface area contributed by atoms with E-state index in [1.807, 2.05) is 36.0 Å². The van der Waals surface area contributed by atoms with Gasteiger partial charge in [0.05, 0.1) is 18.4 Å². The highest BCUT2D eigenvalue weighted by molar-refractivity contribution is 5.39. The van der Waals surface area contributed by atoms with Crippen LogP contribution in [0.25, 0.3) is 0 Å². The normalized spacial score (nSPS) is 12.3. The average Bonchev–Trinajstić information content (AvgIpc) is 3.09. The molecule has 0 amide bonds. The van der Waals surface area contributed by atoms with Crippen LogP contribution in [0.3, 0.4) is 0 Å². The van der Waals surface area contributed by atoms with Crippen molar-refractivity contribution in [2.75, 3.05) is 5.32 Å². The molecule has 6 nitrogen and oxygen atoms in total. The molecular weight excluding hydrogens is 266 g/mol. The maximum Gasteiger partial charge on any atom is 0.238 e. The molecule has 3 rings (SSSR count). The lowest BCUT2D eigenvalue weighted by molar-refractivity contribution is 0.451. The largest absolute Gasteiger partial charge is 0.423 e. The Labute approximate surface area is 122 Å². The molecule has 21 heavy (non-hydrogen) atoms. The lowest BCUT2D eigenvalue weighted by atomic mass is 10.2. The lowest BCUT2D eigenvalue weighted by Gasteiger charge is -2.08. The minimum atomic E-state index is -0.0550. The second-order valence-corrected chi connectivity index (χ2v) is 4.94. The molecule has 0 fully saturated rings. The fourth-order valence-corrected chi connectivity index (χ4v) is 2.09. The molecule has 108 valence electrons. The lowest BCUT2D eigenvalue weighted by Crippen LogP contribution is -2.06. The van der Waals surface area contributed by atoms with Gasteiger partial charge in [0.2, 0.25) is 11.8 Å². The molecule has 0 aliphatic heterocycles. The van der Waals surface area contributed by atoms with Crippen LogP contribution in [0.1, 0.15) is 30.3 Å². The van der Waals surface area contributed by atoms with Crippen molar-refractivity contribution in [1.82, 2.24) is 20.0 Å². The smallest absolute Gasteiger partial charge is 0.238 e. The van der Waals surface area contributed by atoms with Crippen LogP contribution in [-0.4, -0.2) is 20.0 Å². The minimum absolute atomic E-state index is 0.0550. The molecule has 0 aliphatic rings. The van der Waals surface area contributed by atoms with Crippen LogP contribution >= 0.6 is 0 Å². The number of benzene rings is 1. The molecule has 2 heterocycles. The molecule has 1 atom stereocenters. The fraction of sp³-hybridized carbons (Fsp3) is 0.267. The monoisotopic (exact) mass is 283 g/mol.